The van der Waals surface area contributed by atoms with Crippen LogP contribution in [0.5, 0.6) is 0 Å². The summed E-state index contributed by atoms with van der Waals surface area (Å²) >= 11 is 9.89. The number of piperidine rings is 1. The maximum atomic E-state index is 6.33. The van der Waals surface area contributed by atoms with Gasteiger partial charge in [-0.3, -0.25) is 0 Å². The average molecular weight is 371 g/mol. The molecule has 2 heterocycles. The van der Waals surface area contributed by atoms with Crippen LogP contribution in [0.1, 0.15) is 37.4 Å². The molecule has 0 bridgehead atoms. The van der Waals surface area contributed by atoms with Gasteiger partial charge in [-0.05, 0) is 51.1 Å². The Morgan fingerprint density at radius 2 is 2.00 bits per heavy atom. The van der Waals surface area contributed by atoms with E-state index in [0.29, 0.717) is 0 Å². The summed E-state index contributed by atoms with van der Waals surface area (Å²) < 4.78 is 3.37. The number of fused-ring (bicyclic) bond motifs is 1. The molecule has 1 aliphatic rings. The molecule has 0 radical (unpaired) electrons. The van der Waals surface area contributed by atoms with E-state index in [-0.39, 0.29) is 5.38 Å². The minimum absolute atomic E-state index is 0.0717. The Kier molecular flexibility index (Phi) is 4.87. The predicted octanol–water partition coefficient (Wildman–Crippen LogP) is 4.58. The third-order valence-electron chi connectivity index (χ3n) is 4.18. The third-order valence-corrected chi connectivity index (χ3v) is 4.87. The highest BCUT2D eigenvalue weighted by atomic mass is 79.9. The second-order valence-corrected chi connectivity index (χ2v) is 7.34. The lowest BCUT2D eigenvalue weighted by Gasteiger charge is -2.27. The van der Waals surface area contributed by atoms with Crippen molar-refractivity contribution >= 4 is 38.6 Å². The fourth-order valence-electron chi connectivity index (χ4n) is 3.08. The normalized spacial score (nSPS) is 18.2. The van der Waals surface area contributed by atoms with Crippen molar-refractivity contribution in [3.63, 3.8) is 0 Å². The highest BCUT2D eigenvalue weighted by Gasteiger charge is 2.17. The van der Waals surface area contributed by atoms with E-state index in [1.54, 1.807) is 0 Å². The van der Waals surface area contributed by atoms with Crippen LogP contribution in [0.4, 0.5) is 0 Å². The van der Waals surface area contributed by atoms with Crippen LogP contribution >= 0.6 is 27.5 Å². The van der Waals surface area contributed by atoms with Gasteiger partial charge in [-0.15, -0.1) is 11.6 Å². The van der Waals surface area contributed by atoms with Gasteiger partial charge in [0.25, 0.3) is 0 Å². The molecule has 2 aromatic rings. The van der Waals surface area contributed by atoms with Crippen LogP contribution in [-0.4, -0.2) is 34.1 Å². The van der Waals surface area contributed by atoms with Crippen molar-refractivity contribution in [2.24, 2.45) is 0 Å². The van der Waals surface area contributed by atoms with E-state index in [1.165, 1.54) is 37.9 Å². The first-order chi connectivity index (χ1) is 10.1. The lowest BCUT2D eigenvalue weighted by Crippen LogP contribution is -2.32. The summed E-state index contributed by atoms with van der Waals surface area (Å²) in [5, 5.41) is -0.0717. The molecule has 0 amide bonds. The Bertz CT molecular complexity index is 617. The molecule has 114 valence electrons. The van der Waals surface area contributed by atoms with Crippen molar-refractivity contribution in [1.29, 1.82) is 0 Å². The van der Waals surface area contributed by atoms with Gasteiger partial charge in [-0.25, -0.2) is 4.98 Å². The van der Waals surface area contributed by atoms with Gasteiger partial charge in [0, 0.05) is 17.6 Å². The molecule has 0 aliphatic carbocycles. The second-order valence-electron chi connectivity index (χ2n) is 5.77. The van der Waals surface area contributed by atoms with Crippen LogP contribution in [0, 0.1) is 0 Å². The van der Waals surface area contributed by atoms with E-state index in [9.17, 15) is 0 Å². The lowest BCUT2D eigenvalue weighted by molar-refractivity contribution is 0.221. The molecule has 1 unspecified atom stereocenters. The Hall–Kier alpha value is -0.580. The second kappa shape index (κ2) is 6.67. The molecule has 1 aromatic carbocycles. The highest BCUT2D eigenvalue weighted by Crippen LogP contribution is 2.26. The van der Waals surface area contributed by atoms with Gasteiger partial charge in [0.05, 0.1) is 16.4 Å². The van der Waals surface area contributed by atoms with Crippen LogP contribution in [0.3, 0.4) is 0 Å². The topological polar surface area (TPSA) is 21.1 Å². The Morgan fingerprint density at radius 3 is 2.71 bits per heavy atom. The Labute approximate surface area is 139 Å². The number of halogens is 2. The van der Waals surface area contributed by atoms with Crippen molar-refractivity contribution in [3.05, 3.63) is 28.5 Å². The monoisotopic (exact) mass is 369 g/mol. The van der Waals surface area contributed by atoms with Crippen molar-refractivity contribution in [3.8, 4) is 0 Å². The van der Waals surface area contributed by atoms with E-state index in [1.807, 2.05) is 13.0 Å². The van der Waals surface area contributed by atoms with Crippen LogP contribution in [0.2, 0.25) is 0 Å². The first-order valence-electron chi connectivity index (χ1n) is 7.67. The zero-order valence-corrected chi connectivity index (χ0v) is 14.7. The van der Waals surface area contributed by atoms with E-state index >= 15 is 0 Å². The number of benzene rings is 1. The Morgan fingerprint density at radius 1 is 1.24 bits per heavy atom. The number of hydrogen-bond donors (Lipinski definition) is 0. The van der Waals surface area contributed by atoms with Crippen LogP contribution < -0.4 is 0 Å². The highest BCUT2D eigenvalue weighted by molar-refractivity contribution is 9.10. The molecule has 5 heteroatoms. The van der Waals surface area contributed by atoms with Gasteiger partial charge in [0.1, 0.15) is 5.82 Å². The van der Waals surface area contributed by atoms with Crippen LogP contribution in [0.25, 0.3) is 11.0 Å². The maximum absolute atomic E-state index is 6.33. The van der Waals surface area contributed by atoms with Crippen molar-refractivity contribution in [2.45, 2.75) is 38.1 Å². The number of likely N-dealkylation sites (tertiary alicyclic amines) is 1. The van der Waals surface area contributed by atoms with Gasteiger partial charge in [-0.2, -0.15) is 0 Å². The average Bonchev–Trinajstić information content (AvgIpc) is 2.84. The molecule has 21 heavy (non-hydrogen) atoms. The number of aromatic nitrogens is 2. The molecule has 3 rings (SSSR count). The molecule has 0 N–H and O–H groups in total. The SMILES string of the molecule is CC(Cl)c1nc2ccc(Br)cc2n1CCN1CCCCC1. The molecule has 1 atom stereocenters. The first kappa shape index (κ1) is 15.3. The number of alkyl halides is 1. The first-order valence-corrected chi connectivity index (χ1v) is 8.90. The van der Waals surface area contributed by atoms with Gasteiger partial charge >= 0.3 is 0 Å². The minimum atomic E-state index is -0.0717. The summed E-state index contributed by atoms with van der Waals surface area (Å²) in [7, 11) is 0. The summed E-state index contributed by atoms with van der Waals surface area (Å²) in [6.45, 7) is 6.48. The summed E-state index contributed by atoms with van der Waals surface area (Å²) in [6.07, 6.45) is 4.03. The number of rotatable bonds is 4. The molecule has 1 saturated heterocycles. The number of hydrogen-bond acceptors (Lipinski definition) is 2. The number of imidazole rings is 1. The molecular formula is C16H21BrClN3. The predicted molar refractivity (Wildman–Crippen MR) is 92.0 cm³/mol. The Balaban J connectivity index is 1.87. The van der Waals surface area contributed by atoms with E-state index in [0.717, 1.165) is 28.9 Å². The van der Waals surface area contributed by atoms with E-state index in [2.05, 4.69) is 37.5 Å². The minimum Gasteiger partial charge on any atom is -0.325 e. The standard InChI is InChI=1S/C16H21BrClN3/c1-12(18)16-19-14-6-5-13(17)11-15(14)21(16)10-9-20-7-3-2-4-8-20/h5-6,11-12H,2-4,7-10H2,1H3. The molecular weight excluding hydrogens is 350 g/mol. The van der Waals surface area contributed by atoms with Crippen LogP contribution in [0.15, 0.2) is 22.7 Å². The molecule has 1 aromatic heterocycles. The molecule has 1 aliphatic heterocycles. The zero-order chi connectivity index (χ0) is 14.8. The lowest BCUT2D eigenvalue weighted by atomic mass is 10.1. The summed E-state index contributed by atoms with van der Waals surface area (Å²) in [6, 6.07) is 6.23. The van der Waals surface area contributed by atoms with Gasteiger partial charge in [0.2, 0.25) is 0 Å². The molecule has 1 fully saturated rings. The summed E-state index contributed by atoms with van der Waals surface area (Å²) in [5.41, 5.74) is 2.20. The van der Waals surface area contributed by atoms with Gasteiger partial charge in [-0.1, -0.05) is 22.4 Å². The van der Waals surface area contributed by atoms with Gasteiger partial charge < -0.3 is 9.47 Å². The van der Waals surface area contributed by atoms with Crippen molar-refractivity contribution in [1.82, 2.24) is 14.5 Å². The molecule has 0 spiro atoms. The van der Waals surface area contributed by atoms with Gasteiger partial charge in [0.15, 0.2) is 0 Å². The van der Waals surface area contributed by atoms with Crippen LogP contribution in [-0.2, 0) is 6.54 Å². The molecule has 0 saturated carbocycles. The fourth-order valence-corrected chi connectivity index (χ4v) is 3.59. The largest absolute Gasteiger partial charge is 0.325 e. The maximum Gasteiger partial charge on any atom is 0.127 e. The van der Waals surface area contributed by atoms with E-state index < -0.39 is 0 Å². The zero-order valence-electron chi connectivity index (χ0n) is 12.4. The fraction of sp³-hybridized carbons (Fsp3) is 0.562. The number of nitrogens with zero attached hydrogens (tertiary/aromatic N) is 3. The quantitative estimate of drug-likeness (QED) is 0.734. The smallest absolute Gasteiger partial charge is 0.127 e. The van der Waals surface area contributed by atoms with Crippen molar-refractivity contribution in [2.75, 3.05) is 19.6 Å². The molecule has 3 nitrogen and oxygen atoms in total. The van der Waals surface area contributed by atoms with Crippen molar-refractivity contribution < 1.29 is 0 Å². The summed E-state index contributed by atoms with van der Waals surface area (Å²) in [4.78, 5) is 7.26. The third kappa shape index (κ3) is 3.43. The van der Waals surface area contributed by atoms with E-state index in [4.69, 9.17) is 16.6 Å². The summed E-state index contributed by atoms with van der Waals surface area (Å²) in [5.74, 6) is 0.974.